The van der Waals surface area contributed by atoms with Gasteiger partial charge in [-0.25, -0.2) is 0 Å². The Morgan fingerprint density at radius 3 is 1.35 bits per heavy atom. The van der Waals surface area contributed by atoms with E-state index in [4.69, 9.17) is 12.2 Å². The van der Waals surface area contributed by atoms with Crippen LogP contribution < -0.4 is 0 Å². The molecule has 0 heterocycles. The van der Waals surface area contributed by atoms with Gasteiger partial charge in [0.1, 0.15) is 3.53 Å². The first kappa shape index (κ1) is 20.8. The maximum Gasteiger partial charge on any atom is 0.104 e. The predicted octanol–water partition coefficient (Wildman–Crippen LogP) is 7.46. The van der Waals surface area contributed by atoms with Gasteiger partial charge in [-0.05, 0) is 24.3 Å². The fraction of sp³-hybridized carbons (Fsp3) is 0.941. The summed E-state index contributed by atoms with van der Waals surface area (Å²) in [4.78, 5) is 0. The van der Waals surface area contributed by atoms with Crippen LogP contribution >= 0.6 is 35.7 Å². The zero-order valence-corrected chi connectivity index (χ0v) is 16.1. The molecule has 0 amide bonds. The molecule has 0 spiro atoms. The number of rotatable bonds is 14. The Labute approximate surface area is 141 Å². The van der Waals surface area contributed by atoms with E-state index in [1.165, 1.54) is 92.1 Å². The van der Waals surface area contributed by atoms with Gasteiger partial charge in [-0.3, -0.25) is 0 Å². The average Bonchev–Trinajstić information content (AvgIpc) is 2.45. The van der Waals surface area contributed by atoms with Crippen molar-refractivity contribution in [3.8, 4) is 0 Å². The van der Waals surface area contributed by atoms with Gasteiger partial charge in [0.15, 0.2) is 0 Å². The molecule has 0 rings (SSSR count). The molecule has 0 fully saturated rings. The Balaban J connectivity index is 3.13. The van der Waals surface area contributed by atoms with E-state index in [-0.39, 0.29) is 0 Å². The van der Waals surface area contributed by atoms with E-state index in [2.05, 4.69) is 13.8 Å². The topological polar surface area (TPSA) is 0 Å². The van der Waals surface area contributed by atoms with Gasteiger partial charge in [0.25, 0.3) is 0 Å². The van der Waals surface area contributed by atoms with Crippen molar-refractivity contribution in [2.24, 2.45) is 0 Å². The summed E-state index contributed by atoms with van der Waals surface area (Å²) in [6.07, 6.45) is 16.6. The zero-order chi connectivity index (χ0) is 14.9. The van der Waals surface area contributed by atoms with Crippen molar-refractivity contribution in [1.29, 1.82) is 0 Å². The van der Waals surface area contributed by atoms with E-state index in [0.29, 0.717) is 0 Å². The summed E-state index contributed by atoms with van der Waals surface area (Å²) in [5.74, 6) is 2.46. The van der Waals surface area contributed by atoms with Crippen molar-refractivity contribution in [3.05, 3.63) is 0 Å². The van der Waals surface area contributed by atoms with Crippen molar-refractivity contribution in [2.75, 3.05) is 11.5 Å². The molecular formula is C17H34S3. The van der Waals surface area contributed by atoms with E-state index in [9.17, 15) is 0 Å². The lowest BCUT2D eigenvalue weighted by molar-refractivity contribution is 0.627. The summed E-state index contributed by atoms with van der Waals surface area (Å²) in [5.41, 5.74) is 0. The highest BCUT2D eigenvalue weighted by atomic mass is 32.2. The van der Waals surface area contributed by atoms with Gasteiger partial charge >= 0.3 is 0 Å². The summed E-state index contributed by atoms with van der Waals surface area (Å²) < 4.78 is 1.17. The molecule has 0 aromatic heterocycles. The second-order valence-electron chi connectivity index (χ2n) is 5.48. The van der Waals surface area contributed by atoms with Crippen LogP contribution in [0.25, 0.3) is 0 Å². The zero-order valence-electron chi connectivity index (χ0n) is 13.6. The Kier molecular flexibility index (Phi) is 18.5. The molecule has 0 aliphatic rings. The van der Waals surface area contributed by atoms with Crippen LogP contribution in [-0.2, 0) is 0 Å². The largest absolute Gasteiger partial charge is 0.108 e. The summed E-state index contributed by atoms with van der Waals surface area (Å²) in [6.45, 7) is 4.55. The number of thioether (sulfide) groups is 2. The van der Waals surface area contributed by atoms with Crippen LogP contribution in [0, 0.1) is 0 Å². The lowest BCUT2D eigenvalue weighted by atomic mass is 10.1. The first-order valence-corrected chi connectivity index (χ1v) is 11.0. The molecule has 0 nitrogen and oxygen atoms in total. The van der Waals surface area contributed by atoms with Crippen molar-refractivity contribution < 1.29 is 0 Å². The highest BCUT2D eigenvalue weighted by Crippen LogP contribution is 2.21. The maximum atomic E-state index is 5.42. The van der Waals surface area contributed by atoms with Gasteiger partial charge in [-0.15, -0.1) is 23.5 Å². The monoisotopic (exact) mass is 334 g/mol. The lowest BCUT2D eigenvalue weighted by Crippen LogP contribution is -1.89. The average molecular weight is 335 g/mol. The highest BCUT2D eigenvalue weighted by molar-refractivity contribution is 8.47. The van der Waals surface area contributed by atoms with E-state index in [1.807, 2.05) is 23.5 Å². The summed E-state index contributed by atoms with van der Waals surface area (Å²) in [7, 11) is 0. The van der Waals surface area contributed by atoms with E-state index in [0.717, 1.165) is 0 Å². The highest BCUT2D eigenvalue weighted by Gasteiger charge is 1.99. The first-order valence-electron chi connectivity index (χ1n) is 8.60. The maximum absolute atomic E-state index is 5.42. The number of thiocarbonyl (C=S) groups is 1. The van der Waals surface area contributed by atoms with Crippen LogP contribution in [0.3, 0.4) is 0 Å². The minimum Gasteiger partial charge on any atom is -0.108 e. The Hall–Kier alpha value is 0.790. The molecule has 0 bridgehead atoms. The molecule has 120 valence electrons. The Bertz CT molecular complexity index is 184. The van der Waals surface area contributed by atoms with Gasteiger partial charge in [0.05, 0.1) is 0 Å². The van der Waals surface area contributed by atoms with Crippen molar-refractivity contribution in [3.63, 3.8) is 0 Å². The fourth-order valence-corrected chi connectivity index (χ4v) is 4.48. The van der Waals surface area contributed by atoms with Crippen LogP contribution in [0.5, 0.6) is 0 Å². The Morgan fingerprint density at radius 2 is 0.950 bits per heavy atom. The molecule has 0 unspecified atom stereocenters. The molecule has 0 aliphatic carbocycles. The van der Waals surface area contributed by atoms with Gasteiger partial charge in [-0.2, -0.15) is 0 Å². The lowest BCUT2D eigenvalue weighted by Gasteiger charge is -2.04. The quantitative estimate of drug-likeness (QED) is 0.239. The van der Waals surface area contributed by atoms with E-state index in [1.54, 1.807) is 0 Å². The molecule has 0 aromatic carbocycles. The Morgan fingerprint density at radius 1 is 0.600 bits per heavy atom. The van der Waals surface area contributed by atoms with Crippen LogP contribution in [0.1, 0.15) is 90.9 Å². The molecule has 0 aliphatic heterocycles. The molecule has 20 heavy (non-hydrogen) atoms. The number of hydrogen-bond acceptors (Lipinski definition) is 3. The minimum atomic E-state index is 1.17. The number of hydrogen-bond donors (Lipinski definition) is 0. The molecule has 0 atom stereocenters. The summed E-state index contributed by atoms with van der Waals surface area (Å²) in [5, 5.41) is 0. The van der Waals surface area contributed by atoms with Gasteiger partial charge in [0.2, 0.25) is 0 Å². The van der Waals surface area contributed by atoms with Gasteiger partial charge in [0, 0.05) is 0 Å². The van der Waals surface area contributed by atoms with E-state index >= 15 is 0 Å². The summed E-state index contributed by atoms with van der Waals surface area (Å²) >= 11 is 9.23. The number of unbranched alkanes of at least 4 members (excludes halogenated alkanes) is 10. The van der Waals surface area contributed by atoms with Crippen LogP contribution in [-0.4, -0.2) is 15.0 Å². The SMILES string of the molecule is CCCCCCCCSC(=S)SCCCCCCCC. The molecule has 0 saturated heterocycles. The first-order chi connectivity index (χ1) is 9.81. The molecule has 0 N–H and O–H groups in total. The van der Waals surface area contributed by atoms with E-state index < -0.39 is 0 Å². The fourth-order valence-electron chi connectivity index (χ4n) is 2.12. The standard InChI is InChI=1S/C17H34S3/c1-3-5-7-9-11-13-15-19-17(18)20-16-14-12-10-8-6-4-2/h3-16H2,1-2H3. The van der Waals surface area contributed by atoms with Crippen LogP contribution in [0.2, 0.25) is 0 Å². The normalized spacial score (nSPS) is 10.9. The second kappa shape index (κ2) is 17.8. The third kappa shape index (κ3) is 16.8. The molecule has 0 aromatic rings. The van der Waals surface area contributed by atoms with Gasteiger partial charge in [-0.1, -0.05) is 90.3 Å². The smallest absolute Gasteiger partial charge is 0.104 e. The van der Waals surface area contributed by atoms with Gasteiger partial charge < -0.3 is 0 Å². The molecule has 0 saturated carbocycles. The third-order valence-electron chi connectivity index (χ3n) is 3.44. The molecular weight excluding hydrogens is 300 g/mol. The summed E-state index contributed by atoms with van der Waals surface area (Å²) in [6, 6.07) is 0. The van der Waals surface area contributed by atoms with Crippen molar-refractivity contribution in [1.82, 2.24) is 0 Å². The molecule has 0 radical (unpaired) electrons. The van der Waals surface area contributed by atoms with Crippen LogP contribution in [0.15, 0.2) is 0 Å². The minimum absolute atomic E-state index is 1.17. The molecule has 3 heteroatoms. The second-order valence-corrected chi connectivity index (χ2v) is 8.88. The van der Waals surface area contributed by atoms with Crippen molar-refractivity contribution in [2.45, 2.75) is 90.9 Å². The van der Waals surface area contributed by atoms with Crippen molar-refractivity contribution >= 4 is 39.3 Å². The van der Waals surface area contributed by atoms with Crippen LogP contribution in [0.4, 0.5) is 0 Å². The third-order valence-corrected chi connectivity index (χ3v) is 6.31. The predicted molar refractivity (Wildman–Crippen MR) is 104 cm³/mol.